The largest absolute Gasteiger partial charge is 0.330 e. The van der Waals surface area contributed by atoms with E-state index in [2.05, 4.69) is 16.5 Å². The van der Waals surface area contributed by atoms with Gasteiger partial charge in [0.15, 0.2) is 0 Å². The minimum atomic E-state index is 0.438. The lowest BCUT2D eigenvalue weighted by Gasteiger charge is -2.28. The van der Waals surface area contributed by atoms with E-state index in [0.717, 1.165) is 12.3 Å². The van der Waals surface area contributed by atoms with Crippen LogP contribution in [0.25, 0.3) is 0 Å². The molecule has 0 bridgehead atoms. The molecule has 2 rings (SSSR count). The molecule has 1 aliphatic rings. The van der Waals surface area contributed by atoms with E-state index in [0.29, 0.717) is 12.6 Å². The number of imidazole rings is 1. The van der Waals surface area contributed by atoms with E-state index in [-0.39, 0.29) is 0 Å². The zero-order valence-corrected chi connectivity index (χ0v) is 8.82. The Labute approximate surface area is 85.3 Å². The molecular weight excluding hydrogens is 174 g/mol. The van der Waals surface area contributed by atoms with Gasteiger partial charge in [0.1, 0.15) is 0 Å². The average molecular weight is 193 g/mol. The summed E-state index contributed by atoms with van der Waals surface area (Å²) in [7, 11) is 0. The van der Waals surface area contributed by atoms with Crippen LogP contribution in [0.2, 0.25) is 0 Å². The average Bonchev–Trinajstić information content (AvgIpc) is 2.53. The van der Waals surface area contributed by atoms with E-state index in [1.807, 2.05) is 12.5 Å². The molecule has 1 heterocycles. The van der Waals surface area contributed by atoms with Gasteiger partial charge >= 0.3 is 0 Å². The summed E-state index contributed by atoms with van der Waals surface area (Å²) >= 11 is 0. The summed E-state index contributed by atoms with van der Waals surface area (Å²) in [5.74, 6) is 0.748. The summed E-state index contributed by atoms with van der Waals surface area (Å²) < 4.78 is 2.28. The summed E-state index contributed by atoms with van der Waals surface area (Å²) in [4.78, 5) is 4.25. The van der Waals surface area contributed by atoms with Crippen molar-refractivity contribution >= 4 is 0 Å². The van der Waals surface area contributed by atoms with Crippen molar-refractivity contribution in [2.24, 2.45) is 5.73 Å². The standard InChI is InChI=1S/C11H19N3/c1-2-10(6-12)14-8-13-7-11(14)9-4-3-5-9/h7-10H,2-6,12H2,1H3. The Morgan fingerprint density at radius 3 is 2.93 bits per heavy atom. The monoisotopic (exact) mass is 193 g/mol. The van der Waals surface area contributed by atoms with Crippen LogP contribution < -0.4 is 5.73 Å². The summed E-state index contributed by atoms with van der Waals surface area (Å²) in [6.07, 6.45) is 9.07. The van der Waals surface area contributed by atoms with Gasteiger partial charge in [-0.3, -0.25) is 0 Å². The molecule has 1 aliphatic carbocycles. The van der Waals surface area contributed by atoms with Gasteiger partial charge in [-0.2, -0.15) is 0 Å². The fraction of sp³-hybridized carbons (Fsp3) is 0.727. The molecular formula is C11H19N3. The summed E-state index contributed by atoms with van der Waals surface area (Å²) in [6.45, 7) is 2.90. The van der Waals surface area contributed by atoms with Gasteiger partial charge in [0.25, 0.3) is 0 Å². The number of nitrogens with two attached hydrogens (primary N) is 1. The van der Waals surface area contributed by atoms with Gasteiger partial charge < -0.3 is 10.3 Å². The Balaban J connectivity index is 2.19. The molecule has 0 saturated heterocycles. The normalized spacial score (nSPS) is 19.3. The number of nitrogens with zero attached hydrogens (tertiary/aromatic N) is 2. The van der Waals surface area contributed by atoms with Gasteiger partial charge in [-0.1, -0.05) is 13.3 Å². The van der Waals surface area contributed by atoms with Crippen molar-refractivity contribution in [2.75, 3.05) is 6.54 Å². The lowest BCUT2D eigenvalue weighted by molar-refractivity contribution is 0.376. The van der Waals surface area contributed by atoms with E-state index in [1.54, 1.807) is 0 Å². The van der Waals surface area contributed by atoms with E-state index in [1.165, 1.54) is 25.0 Å². The highest BCUT2D eigenvalue weighted by Gasteiger charge is 2.24. The lowest BCUT2D eigenvalue weighted by atomic mass is 9.83. The van der Waals surface area contributed by atoms with Crippen LogP contribution in [0.15, 0.2) is 12.5 Å². The van der Waals surface area contributed by atoms with Crippen molar-refractivity contribution in [1.29, 1.82) is 0 Å². The van der Waals surface area contributed by atoms with Gasteiger partial charge in [-0.25, -0.2) is 4.98 Å². The first-order valence-electron chi connectivity index (χ1n) is 5.58. The van der Waals surface area contributed by atoms with Crippen molar-refractivity contribution < 1.29 is 0 Å². The highest BCUT2D eigenvalue weighted by molar-refractivity contribution is 5.10. The van der Waals surface area contributed by atoms with Crippen LogP contribution in [0.3, 0.4) is 0 Å². The van der Waals surface area contributed by atoms with Crippen molar-refractivity contribution in [2.45, 2.75) is 44.6 Å². The van der Waals surface area contributed by atoms with Crippen LogP contribution in [0.5, 0.6) is 0 Å². The van der Waals surface area contributed by atoms with E-state index < -0.39 is 0 Å². The third-order valence-electron chi connectivity index (χ3n) is 3.36. The Bertz CT molecular complexity index is 284. The highest BCUT2D eigenvalue weighted by atomic mass is 15.1. The molecule has 1 unspecified atom stereocenters. The van der Waals surface area contributed by atoms with Crippen molar-refractivity contribution in [1.82, 2.24) is 9.55 Å². The molecule has 3 heteroatoms. The minimum Gasteiger partial charge on any atom is -0.330 e. The van der Waals surface area contributed by atoms with Gasteiger partial charge in [0.05, 0.1) is 6.33 Å². The topological polar surface area (TPSA) is 43.8 Å². The number of hydrogen-bond donors (Lipinski definition) is 1. The molecule has 1 aromatic rings. The Kier molecular flexibility index (Phi) is 2.87. The molecule has 0 amide bonds. The predicted molar refractivity (Wildman–Crippen MR) is 57.2 cm³/mol. The summed E-state index contributed by atoms with van der Waals surface area (Å²) in [6, 6.07) is 0.438. The molecule has 0 spiro atoms. The maximum absolute atomic E-state index is 5.75. The fourth-order valence-corrected chi connectivity index (χ4v) is 2.12. The third kappa shape index (κ3) is 1.57. The Morgan fingerprint density at radius 2 is 2.43 bits per heavy atom. The molecule has 0 radical (unpaired) electrons. The molecule has 0 aliphatic heterocycles. The Morgan fingerprint density at radius 1 is 1.64 bits per heavy atom. The number of hydrogen-bond acceptors (Lipinski definition) is 2. The minimum absolute atomic E-state index is 0.438. The van der Waals surface area contributed by atoms with Crippen LogP contribution >= 0.6 is 0 Å². The maximum atomic E-state index is 5.75. The van der Waals surface area contributed by atoms with Crippen LogP contribution in [-0.2, 0) is 0 Å². The molecule has 78 valence electrons. The second-order valence-corrected chi connectivity index (χ2v) is 4.15. The molecule has 1 fully saturated rings. The SMILES string of the molecule is CCC(CN)n1cncc1C1CCC1. The highest BCUT2D eigenvalue weighted by Crippen LogP contribution is 2.37. The zero-order valence-electron chi connectivity index (χ0n) is 8.82. The van der Waals surface area contributed by atoms with Crippen LogP contribution in [0.4, 0.5) is 0 Å². The van der Waals surface area contributed by atoms with Crippen LogP contribution in [0.1, 0.15) is 50.3 Å². The first-order valence-corrected chi connectivity index (χ1v) is 5.58. The molecule has 3 nitrogen and oxygen atoms in total. The second kappa shape index (κ2) is 4.13. The van der Waals surface area contributed by atoms with Crippen molar-refractivity contribution in [3.05, 3.63) is 18.2 Å². The second-order valence-electron chi connectivity index (χ2n) is 4.15. The molecule has 0 aromatic carbocycles. The molecule has 1 saturated carbocycles. The van der Waals surface area contributed by atoms with Crippen LogP contribution in [0, 0.1) is 0 Å². The summed E-state index contributed by atoms with van der Waals surface area (Å²) in [5, 5.41) is 0. The quantitative estimate of drug-likeness (QED) is 0.795. The van der Waals surface area contributed by atoms with Gasteiger partial charge in [-0.05, 0) is 19.3 Å². The fourth-order valence-electron chi connectivity index (χ4n) is 2.12. The van der Waals surface area contributed by atoms with Gasteiger partial charge in [0, 0.05) is 30.4 Å². The van der Waals surface area contributed by atoms with E-state index in [4.69, 9.17) is 5.73 Å². The summed E-state index contributed by atoms with van der Waals surface area (Å²) in [5.41, 5.74) is 7.15. The lowest BCUT2D eigenvalue weighted by Crippen LogP contribution is -2.22. The zero-order chi connectivity index (χ0) is 9.97. The maximum Gasteiger partial charge on any atom is 0.0951 e. The Hall–Kier alpha value is -0.830. The van der Waals surface area contributed by atoms with Gasteiger partial charge in [0.2, 0.25) is 0 Å². The molecule has 1 aromatic heterocycles. The van der Waals surface area contributed by atoms with E-state index >= 15 is 0 Å². The molecule has 2 N–H and O–H groups in total. The van der Waals surface area contributed by atoms with Crippen molar-refractivity contribution in [3.8, 4) is 0 Å². The van der Waals surface area contributed by atoms with Crippen molar-refractivity contribution in [3.63, 3.8) is 0 Å². The first-order chi connectivity index (χ1) is 6.86. The van der Waals surface area contributed by atoms with Gasteiger partial charge in [-0.15, -0.1) is 0 Å². The van der Waals surface area contributed by atoms with E-state index in [9.17, 15) is 0 Å². The smallest absolute Gasteiger partial charge is 0.0951 e. The number of rotatable bonds is 4. The predicted octanol–water partition coefficient (Wildman–Crippen LogP) is 2.06. The third-order valence-corrected chi connectivity index (χ3v) is 3.36. The van der Waals surface area contributed by atoms with Crippen LogP contribution in [-0.4, -0.2) is 16.1 Å². The molecule has 14 heavy (non-hydrogen) atoms. The molecule has 1 atom stereocenters. The number of aromatic nitrogens is 2. The first kappa shape index (κ1) is 9.71.